The Labute approximate surface area is 152 Å². The van der Waals surface area contributed by atoms with Crippen LogP contribution >= 0.6 is 0 Å². The minimum absolute atomic E-state index is 0.169. The largest absolute Gasteiger partial charge is 0.346 e. The van der Waals surface area contributed by atoms with E-state index < -0.39 is 5.54 Å². The Morgan fingerprint density at radius 1 is 1.00 bits per heavy atom. The number of nitrogens with zero attached hydrogens (tertiary/aromatic N) is 2. The molecule has 3 aromatic rings. The second kappa shape index (κ2) is 6.63. The quantitative estimate of drug-likeness (QED) is 0.760. The van der Waals surface area contributed by atoms with Gasteiger partial charge in [0, 0.05) is 17.4 Å². The van der Waals surface area contributed by atoms with E-state index in [4.69, 9.17) is 0 Å². The number of anilines is 1. The Kier molecular flexibility index (Phi) is 4.50. The van der Waals surface area contributed by atoms with Gasteiger partial charge in [-0.1, -0.05) is 24.3 Å². The second-order valence-corrected chi connectivity index (χ2v) is 7.21. The van der Waals surface area contributed by atoms with Gasteiger partial charge in [-0.2, -0.15) is 0 Å². The zero-order valence-electron chi connectivity index (χ0n) is 15.3. The van der Waals surface area contributed by atoms with Crippen LogP contribution in [0.3, 0.4) is 0 Å². The average molecular weight is 350 g/mol. The highest BCUT2D eigenvalue weighted by molar-refractivity contribution is 6.06. The number of benzene rings is 1. The van der Waals surface area contributed by atoms with Crippen molar-refractivity contribution in [2.24, 2.45) is 0 Å². The molecule has 0 saturated heterocycles. The van der Waals surface area contributed by atoms with E-state index in [1.807, 2.05) is 58.0 Å². The predicted octanol–water partition coefficient (Wildman–Crippen LogP) is 3.42. The molecule has 3 rings (SSSR count). The van der Waals surface area contributed by atoms with Gasteiger partial charge in [-0.3, -0.25) is 14.0 Å². The first kappa shape index (κ1) is 17.7. The lowest BCUT2D eigenvalue weighted by Crippen LogP contribution is -2.40. The molecule has 0 spiro atoms. The van der Waals surface area contributed by atoms with Crippen LogP contribution < -0.4 is 10.6 Å². The summed E-state index contributed by atoms with van der Waals surface area (Å²) in [5.74, 6) is -0.505. The fourth-order valence-electron chi connectivity index (χ4n) is 2.66. The normalized spacial score (nSPS) is 11.4. The molecule has 0 saturated carbocycles. The molecule has 0 unspecified atom stereocenters. The number of imidazole rings is 1. The van der Waals surface area contributed by atoms with Crippen molar-refractivity contribution in [2.75, 3.05) is 5.32 Å². The van der Waals surface area contributed by atoms with Gasteiger partial charge in [-0.25, -0.2) is 4.98 Å². The summed E-state index contributed by atoms with van der Waals surface area (Å²) >= 11 is 0. The highest BCUT2D eigenvalue weighted by Crippen LogP contribution is 2.18. The fourth-order valence-corrected chi connectivity index (χ4v) is 2.66. The number of hydrogen-bond acceptors (Lipinski definition) is 3. The minimum atomic E-state index is -0.397. The van der Waals surface area contributed by atoms with E-state index in [1.165, 1.54) is 0 Å². The number of nitrogens with one attached hydrogen (secondary N) is 2. The molecule has 0 aliphatic rings. The molecule has 0 radical (unpaired) electrons. The molecule has 26 heavy (non-hydrogen) atoms. The summed E-state index contributed by atoms with van der Waals surface area (Å²) in [6.45, 7) is 7.61. The van der Waals surface area contributed by atoms with Crippen molar-refractivity contribution >= 4 is 23.0 Å². The van der Waals surface area contributed by atoms with E-state index in [0.29, 0.717) is 11.2 Å². The van der Waals surface area contributed by atoms with Crippen LogP contribution in [0.25, 0.3) is 5.52 Å². The number of rotatable bonds is 3. The number of aryl methyl sites for hydroxylation is 1. The Bertz CT molecular complexity index is 983. The number of pyridine rings is 1. The van der Waals surface area contributed by atoms with Crippen LogP contribution in [0.5, 0.6) is 0 Å². The Balaban J connectivity index is 2.00. The maximum absolute atomic E-state index is 12.8. The number of carbonyl (C=O) groups is 2. The number of hydrogen-bond donors (Lipinski definition) is 2. The first-order chi connectivity index (χ1) is 12.3. The monoisotopic (exact) mass is 350 g/mol. The van der Waals surface area contributed by atoms with Crippen LogP contribution in [-0.2, 0) is 0 Å². The van der Waals surface area contributed by atoms with Crippen molar-refractivity contribution in [3.05, 3.63) is 65.7 Å². The van der Waals surface area contributed by atoms with Gasteiger partial charge in [0.2, 0.25) is 5.82 Å². The smallest absolute Gasteiger partial charge is 0.292 e. The van der Waals surface area contributed by atoms with Crippen molar-refractivity contribution < 1.29 is 9.59 Å². The van der Waals surface area contributed by atoms with E-state index in [0.717, 1.165) is 5.56 Å². The van der Waals surface area contributed by atoms with Gasteiger partial charge in [0.05, 0.1) is 5.52 Å². The van der Waals surface area contributed by atoms with E-state index in [-0.39, 0.29) is 23.3 Å². The van der Waals surface area contributed by atoms with Gasteiger partial charge >= 0.3 is 0 Å². The first-order valence-electron chi connectivity index (χ1n) is 8.43. The third-order valence-electron chi connectivity index (χ3n) is 3.85. The van der Waals surface area contributed by atoms with Crippen LogP contribution in [0.15, 0.2) is 48.7 Å². The molecule has 1 aromatic carbocycles. The molecule has 6 heteroatoms. The van der Waals surface area contributed by atoms with E-state index in [2.05, 4.69) is 15.6 Å². The molecule has 2 aromatic heterocycles. The summed E-state index contributed by atoms with van der Waals surface area (Å²) in [7, 11) is 0. The molecule has 6 nitrogen and oxygen atoms in total. The molecule has 0 aliphatic heterocycles. The fraction of sp³-hybridized carbons (Fsp3) is 0.250. The molecule has 0 aliphatic carbocycles. The summed E-state index contributed by atoms with van der Waals surface area (Å²) in [5, 5.41) is 5.76. The maximum Gasteiger partial charge on any atom is 0.292 e. The summed E-state index contributed by atoms with van der Waals surface area (Å²) in [6, 6.07) is 12.9. The van der Waals surface area contributed by atoms with Gasteiger partial charge in [-0.05, 0) is 51.5 Å². The van der Waals surface area contributed by atoms with E-state index in [1.54, 1.807) is 22.7 Å². The van der Waals surface area contributed by atoms with Crippen LogP contribution in [0, 0.1) is 6.92 Å². The van der Waals surface area contributed by atoms with Crippen LogP contribution in [0.1, 0.15) is 47.4 Å². The van der Waals surface area contributed by atoms with Crippen molar-refractivity contribution in [3.63, 3.8) is 0 Å². The van der Waals surface area contributed by atoms with Crippen molar-refractivity contribution in [1.29, 1.82) is 0 Å². The Morgan fingerprint density at radius 2 is 1.69 bits per heavy atom. The third kappa shape index (κ3) is 3.59. The predicted molar refractivity (Wildman–Crippen MR) is 102 cm³/mol. The second-order valence-electron chi connectivity index (χ2n) is 7.21. The first-order valence-corrected chi connectivity index (χ1v) is 8.43. The molecule has 2 N–H and O–H groups in total. The van der Waals surface area contributed by atoms with Gasteiger partial charge in [-0.15, -0.1) is 0 Å². The van der Waals surface area contributed by atoms with Crippen LogP contribution in [-0.4, -0.2) is 26.7 Å². The molecule has 2 amide bonds. The standard InChI is InChI=1S/C20H22N4O2/c1-13-9-5-6-10-14(13)21-19(26)17-22-16(18(25)23-20(2,3)4)15-11-7-8-12-24(15)17/h5-12H,1-4H3,(H,21,26)(H,23,25). The van der Waals surface area contributed by atoms with E-state index in [9.17, 15) is 9.59 Å². The minimum Gasteiger partial charge on any atom is -0.346 e. The number of fused-ring (bicyclic) bond motifs is 1. The molecule has 0 atom stereocenters. The zero-order chi connectivity index (χ0) is 18.9. The third-order valence-corrected chi connectivity index (χ3v) is 3.85. The van der Waals surface area contributed by atoms with Gasteiger partial charge in [0.15, 0.2) is 5.69 Å². The lowest BCUT2D eigenvalue weighted by atomic mass is 10.1. The maximum atomic E-state index is 12.8. The van der Waals surface area contributed by atoms with Gasteiger partial charge in [0.1, 0.15) is 0 Å². The lowest BCUT2D eigenvalue weighted by molar-refractivity contribution is 0.0916. The number of amides is 2. The molecule has 0 bridgehead atoms. The van der Waals surface area contributed by atoms with E-state index >= 15 is 0 Å². The topological polar surface area (TPSA) is 75.5 Å². The summed E-state index contributed by atoms with van der Waals surface area (Å²) in [6.07, 6.45) is 1.73. The Morgan fingerprint density at radius 3 is 2.38 bits per heavy atom. The van der Waals surface area contributed by atoms with Crippen LogP contribution in [0.4, 0.5) is 5.69 Å². The number of carbonyl (C=O) groups excluding carboxylic acids is 2. The zero-order valence-corrected chi connectivity index (χ0v) is 15.3. The summed E-state index contributed by atoms with van der Waals surface area (Å²) in [5.41, 5.74) is 2.09. The van der Waals surface area contributed by atoms with Crippen molar-refractivity contribution in [2.45, 2.75) is 33.2 Å². The lowest BCUT2D eigenvalue weighted by Gasteiger charge is -2.19. The molecule has 134 valence electrons. The average Bonchev–Trinajstić information content (AvgIpc) is 2.95. The Hall–Kier alpha value is -3.15. The molecule has 2 heterocycles. The SMILES string of the molecule is Cc1ccccc1NC(=O)c1nc(C(=O)NC(C)(C)C)c2ccccn12. The summed E-state index contributed by atoms with van der Waals surface area (Å²) < 4.78 is 1.63. The molecular weight excluding hydrogens is 328 g/mol. The highest BCUT2D eigenvalue weighted by atomic mass is 16.2. The van der Waals surface area contributed by atoms with Crippen LogP contribution in [0.2, 0.25) is 0 Å². The van der Waals surface area contributed by atoms with Gasteiger partial charge < -0.3 is 10.6 Å². The van der Waals surface area contributed by atoms with Gasteiger partial charge in [0.25, 0.3) is 11.8 Å². The number of para-hydroxylation sites is 1. The van der Waals surface area contributed by atoms with Crippen molar-refractivity contribution in [1.82, 2.24) is 14.7 Å². The summed E-state index contributed by atoms with van der Waals surface area (Å²) in [4.78, 5) is 29.7. The highest BCUT2D eigenvalue weighted by Gasteiger charge is 2.24. The van der Waals surface area contributed by atoms with Crippen molar-refractivity contribution in [3.8, 4) is 0 Å². The molecule has 0 fully saturated rings. The molecular formula is C20H22N4O2. The number of aromatic nitrogens is 2.